The van der Waals surface area contributed by atoms with Crippen LogP contribution < -0.4 is 0 Å². The zero-order chi connectivity index (χ0) is 6.91. The summed E-state index contributed by atoms with van der Waals surface area (Å²) in [5.74, 6) is 0.303. The highest BCUT2D eigenvalue weighted by molar-refractivity contribution is 6.00. The Morgan fingerprint density at radius 3 is 2.67 bits per heavy atom. The summed E-state index contributed by atoms with van der Waals surface area (Å²) in [6.45, 7) is 4.48. The van der Waals surface area contributed by atoms with Crippen molar-refractivity contribution in [1.82, 2.24) is 0 Å². The van der Waals surface area contributed by atoms with Gasteiger partial charge in [-0.25, -0.2) is 0 Å². The largest absolute Gasteiger partial charge is 0.299 e. The summed E-state index contributed by atoms with van der Waals surface area (Å²) < 4.78 is 0. The highest BCUT2D eigenvalue weighted by Crippen LogP contribution is 2.18. The van der Waals surface area contributed by atoms with E-state index in [0.717, 1.165) is 0 Å². The monoisotopic (exact) mass is 125 g/mol. The highest BCUT2D eigenvalue weighted by atomic mass is 16.1. The first-order chi connectivity index (χ1) is 4.13. The zero-order valence-corrected chi connectivity index (χ0v) is 5.85. The molecular weight excluding hydrogens is 114 g/mol. The van der Waals surface area contributed by atoms with Crippen molar-refractivity contribution in [2.24, 2.45) is 10.4 Å². The molecule has 0 unspecified atom stereocenters. The van der Waals surface area contributed by atoms with Crippen LogP contribution >= 0.6 is 0 Å². The van der Waals surface area contributed by atoms with Gasteiger partial charge in [0.05, 0.1) is 5.41 Å². The normalized spacial score (nSPS) is 24.4. The lowest BCUT2D eigenvalue weighted by molar-refractivity contribution is -0.124. The summed E-state index contributed by atoms with van der Waals surface area (Å²) in [4.78, 5) is 15.1. The number of carbonyl (C=O) groups excluding carboxylic acids is 1. The predicted molar refractivity (Wildman–Crippen MR) is 36.8 cm³/mol. The molecule has 9 heavy (non-hydrogen) atoms. The maximum absolute atomic E-state index is 11.0. The van der Waals surface area contributed by atoms with E-state index in [1.54, 1.807) is 6.21 Å². The number of nitrogens with zero attached hydrogens (tertiary/aromatic N) is 1. The number of ketones is 1. The van der Waals surface area contributed by atoms with Crippen LogP contribution in [0.1, 0.15) is 20.3 Å². The molecule has 0 spiro atoms. The fourth-order valence-electron chi connectivity index (χ4n) is 0.853. The molecule has 2 nitrogen and oxygen atoms in total. The summed E-state index contributed by atoms with van der Waals surface area (Å²) in [6, 6.07) is 0. The van der Waals surface area contributed by atoms with Crippen molar-refractivity contribution in [1.29, 1.82) is 0 Å². The number of hydrogen-bond donors (Lipinski definition) is 0. The van der Waals surface area contributed by atoms with Crippen LogP contribution in [0.4, 0.5) is 0 Å². The van der Waals surface area contributed by atoms with Gasteiger partial charge in [-0.2, -0.15) is 0 Å². The predicted octanol–water partition coefficient (Wildman–Crippen LogP) is 1.06. The SMILES string of the molecule is CC1(C)C=NCCC1=O. The minimum Gasteiger partial charge on any atom is -0.299 e. The molecule has 0 saturated heterocycles. The van der Waals surface area contributed by atoms with Crippen LogP contribution in [0.25, 0.3) is 0 Å². The molecule has 1 aliphatic heterocycles. The summed E-state index contributed by atoms with van der Waals surface area (Å²) in [7, 11) is 0. The standard InChI is InChI=1S/C7H11NO/c1-7(2)5-8-4-3-6(7)9/h5H,3-4H2,1-2H3. The Bertz CT molecular complexity index is 158. The third kappa shape index (κ3) is 1.18. The molecule has 0 amide bonds. The molecule has 0 saturated carbocycles. The average Bonchev–Trinajstić information content (AvgIpc) is 1.77. The molecule has 0 aromatic heterocycles. The summed E-state index contributed by atoms with van der Waals surface area (Å²) in [5.41, 5.74) is -0.293. The van der Waals surface area contributed by atoms with E-state index in [2.05, 4.69) is 4.99 Å². The molecule has 1 heterocycles. The maximum Gasteiger partial charge on any atom is 0.145 e. The molecule has 0 aromatic rings. The Labute approximate surface area is 55.0 Å². The first-order valence-corrected chi connectivity index (χ1v) is 3.17. The molecule has 0 radical (unpaired) electrons. The van der Waals surface area contributed by atoms with Crippen molar-refractivity contribution in [3.05, 3.63) is 0 Å². The van der Waals surface area contributed by atoms with E-state index >= 15 is 0 Å². The van der Waals surface area contributed by atoms with Crippen LogP contribution in [0, 0.1) is 5.41 Å². The molecule has 0 bridgehead atoms. The number of rotatable bonds is 0. The van der Waals surface area contributed by atoms with Gasteiger partial charge in [-0.1, -0.05) is 0 Å². The number of hydrogen-bond acceptors (Lipinski definition) is 2. The lowest BCUT2D eigenvalue weighted by Gasteiger charge is -2.20. The van der Waals surface area contributed by atoms with E-state index in [9.17, 15) is 4.79 Å². The van der Waals surface area contributed by atoms with Crippen molar-refractivity contribution in [3.8, 4) is 0 Å². The van der Waals surface area contributed by atoms with E-state index in [1.807, 2.05) is 13.8 Å². The molecule has 1 aliphatic rings. The minimum atomic E-state index is -0.293. The Morgan fingerprint density at radius 1 is 1.67 bits per heavy atom. The lowest BCUT2D eigenvalue weighted by Crippen LogP contribution is -2.29. The van der Waals surface area contributed by atoms with Crippen LogP contribution in [-0.4, -0.2) is 18.5 Å². The van der Waals surface area contributed by atoms with E-state index < -0.39 is 0 Å². The lowest BCUT2D eigenvalue weighted by atomic mass is 9.86. The zero-order valence-electron chi connectivity index (χ0n) is 5.85. The fourth-order valence-corrected chi connectivity index (χ4v) is 0.853. The quantitative estimate of drug-likeness (QED) is 0.476. The smallest absolute Gasteiger partial charge is 0.145 e. The van der Waals surface area contributed by atoms with Crippen LogP contribution in [-0.2, 0) is 4.79 Å². The number of carbonyl (C=O) groups is 1. The Kier molecular flexibility index (Phi) is 1.39. The average molecular weight is 125 g/mol. The van der Waals surface area contributed by atoms with E-state index in [1.165, 1.54) is 0 Å². The van der Waals surface area contributed by atoms with Gasteiger partial charge in [0.2, 0.25) is 0 Å². The van der Waals surface area contributed by atoms with Crippen molar-refractivity contribution < 1.29 is 4.79 Å². The molecule has 0 N–H and O–H groups in total. The molecule has 0 fully saturated rings. The second kappa shape index (κ2) is 1.94. The van der Waals surface area contributed by atoms with Crippen LogP contribution in [0.2, 0.25) is 0 Å². The Morgan fingerprint density at radius 2 is 2.33 bits per heavy atom. The van der Waals surface area contributed by atoms with Crippen molar-refractivity contribution in [2.75, 3.05) is 6.54 Å². The number of Topliss-reactive ketones (excluding diaryl/α,β-unsaturated/α-hetero) is 1. The third-order valence-electron chi connectivity index (χ3n) is 1.60. The Hall–Kier alpha value is -0.660. The molecule has 0 aliphatic carbocycles. The molecule has 50 valence electrons. The van der Waals surface area contributed by atoms with Gasteiger partial charge in [-0.3, -0.25) is 9.79 Å². The first kappa shape index (κ1) is 6.46. The summed E-state index contributed by atoms with van der Waals surface area (Å²) in [6.07, 6.45) is 2.36. The molecule has 2 heteroatoms. The molecule has 1 rings (SSSR count). The molecule has 0 aromatic carbocycles. The minimum absolute atomic E-state index is 0.293. The van der Waals surface area contributed by atoms with Gasteiger partial charge in [0, 0.05) is 19.2 Å². The molecular formula is C7H11NO. The van der Waals surface area contributed by atoms with Crippen LogP contribution in [0.5, 0.6) is 0 Å². The first-order valence-electron chi connectivity index (χ1n) is 3.17. The van der Waals surface area contributed by atoms with Crippen LogP contribution in [0.3, 0.4) is 0 Å². The Balaban J connectivity index is 2.81. The topological polar surface area (TPSA) is 29.4 Å². The summed E-state index contributed by atoms with van der Waals surface area (Å²) in [5, 5.41) is 0. The number of aliphatic imine (C=N–C) groups is 1. The summed E-state index contributed by atoms with van der Waals surface area (Å²) >= 11 is 0. The molecule has 0 atom stereocenters. The van der Waals surface area contributed by atoms with Crippen LogP contribution in [0.15, 0.2) is 4.99 Å². The van der Waals surface area contributed by atoms with E-state index in [4.69, 9.17) is 0 Å². The van der Waals surface area contributed by atoms with Crippen molar-refractivity contribution >= 4 is 12.0 Å². The van der Waals surface area contributed by atoms with Gasteiger partial charge in [-0.05, 0) is 13.8 Å². The van der Waals surface area contributed by atoms with E-state index in [-0.39, 0.29) is 5.41 Å². The van der Waals surface area contributed by atoms with Gasteiger partial charge in [0.15, 0.2) is 0 Å². The fraction of sp³-hybridized carbons (Fsp3) is 0.714. The van der Waals surface area contributed by atoms with E-state index in [0.29, 0.717) is 18.7 Å². The van der Waals surface area contributed by atoms with Crippen molar-refractivity contribution in [2.45, 2.75) is 20.3 Å². The van der Waals surface area contributed by atoms with Gasteiger partial charge in [-0.15, -0.1) is 0 Å². The maximum atomic E-state index is 11.0. The van der Waals surface area contributed by atoms with Gasteiger partial charge in [0.25, 0.3) is 0 Å². The second-order valence-corrected chi connectivity index (χ2v) is 2.93. The van der Waals surface area contributed by atoms with Gasteiger partial charge in [0.1, 0.15) is 5.78 Å². The third-order valence-corrected chi connectivity index (χ3v) is 1.60. The second-order valence-electron chi connectivity index (χ2n) is 2.93. The highest BCUT2D eigenvalue weighted by Gasteiger charge is 2.26. The van der Waals surface area contributed by atoms with Gasteiger partial charge >= 0.3 is 0 Å². The van der Waals surface area contributed by atoms with Crippen molar-refractivity contribution in [3.63, 3.8) is 0 Å². The van der Waals surface area contributed by atoms with Gasteiger partial charge < -0.3 is 0 Å².